The molecule has 4 rings (SSSR count). The van der Waals surface area contributed by atoms with Crippen LogP contribution in [0.4, 0.5) is 13.2 Å². The number of carbonyl (C=O) groups excluding carboxylic acids is 4. The zero-order valence-electron chi connectivity index (χ0n) is 22.5. The quantitative estimate of drug-likeness (QED) is 0.348. The van der Waals surface area contributed by atoms with Crippen LogP contribution < -0.4 is 0 Å². The number of thiophene rings is 1. The summed E-state index contributed by atoms with van der Waals surface area (Å²) in [5.74, 6) is -4.90. The van der Waals surface area contributed by atoms with Gasteiger partial charge in [-0.1, -0.05) is 80.6 Å². The third-order valence-electron chi connectivity index (χ3n) is 6.61. The summed E-state index contributed by atoms with van der Waals surface area (Å²) < 4.78 is 41.9. The molecule has 2 atom stereocenters. The maximum absolute atomic E-state index is 14.3. The highest BCUT2D eigenvalue weighted by Crippen LogP contribution is 2.35. The van der Waals surface area contributed by atoms with Crippen molar-refractivity contribution in [3.63, 3.8) is 0 Å². The molecule has 3 amide bonds. The van der Waals surface area contributed by atoms with Crippen LogP contribution in [0.2, 0.25) is 0 Å². The Morgan fingerprint density at radius 1 is 0.951 bits per heavy atom. The lowest BCUT2D eigenvalue weighted by Gasteiger charge is -2.47. The normalized spacial score (nSPS) is 16.4. The first-order valence-electron chi connectivity index (χ1n) is 12.8. The molecule has 3 aromatic rings. The smallest absolute Gasteiger partial charge is 0.299 e. The van der Waals surface area contributed by atoms with E-state index in [1.807, 2.05) is 0 Å². The van der Waals surface area contributed by atoms with Crippen LogP contribution in [0.1, 0.15) is 41.6 Å². The highest BCUT2D eigenvalue weighted by Gasteiger charge is 2.51. The van der Waals surface area contributed by atoms with E-state index in [9.17, 15) is 32.3 Å². The van der Waals surface area contributed by atoms with Gasteiger partial charge in [0.05, 0.1) is 10.6 Å². The number of ketones is 1. The molecular formula is C30H28F3N3O4S. The van der Waals surface area contributed by atoms with E-state index in [0.29, 0.717) is 21.0 Å². The van der Waals surface area contributed by atoms with Crippen molar-refractivity contribution in [1.29, 1.82) is 0 Å². The number of rotatable bonds is 8. The first-order chi connectivity index (χ1) is 19.4. The fraction of sp³-hybridized carbons (Fsp3) is 0.267. The first-order valence-corrected chi connectivity index (χ1v) is 13.7. The second-order valence-corrected chi connectivity index (χ2v) is 10.8. The predicted octanol–water partition coefficient (Wildman–Crippen LogP) is 5.56. The summed E-state index contributed by atoms with van der Waals surface area (Å²) in [7, 11) is 0. The number of alkyl halides is 3. The van der Waals surface area contributed by atoms with Crippen LogP contribution in [-0.2, 0) is 20.8 Å². The van der Waals surface area contributed by atoms with Gasteiger partial charge in [0, 0.05) is 25.1 Å². The lowest BCUT2D eigenvalue weighted by molar-refractivity contribution is -0.187. The predicted molar refractivity (Wildman–Crippen MR) is 148 cm³/mol. The molecule has 0 saturated heterocycles. The van der Waals surface area contributed by atoms with Crippen LogP contribution in [-0.4, -0.2) is 56.7 Å². The Hall–Kier alpha value is -4.25. The molecule has 1 aliphatic rings. The summed E-state index contributed by atoms with van der Waals surface area (Å²) in [5, 5.41) is 3.15. The maximum atomic E-state index is 14.3. The Kier molecular flexibility index (Phi) is 8.77. The van der Waals surface area contributed by atoms with Crippen LogP contribution >= 0.6 is 11.3 Å². The van der Waals surface area contributed by atoms with Crippen LogP contribution in [0.25, 0.3) is 5.70 Å². The van der Waals surface area contributed by atoms with Gasteiger partial charge in [-0.05, 0) is 22.9 Å². The molecule has 0 saturated carbocycles. The molecule has 1 aromatic heterocycles. The minimum absolute atomic E-state index is 0.0133. The van der Waals surface area contributed by atoms with Gasteiger partial charge in [-0.15, -0.1) is 11.3 Å². The second kappa shape index (κ2) is 12.1. The van der Waals surface area contributed by atoms with Gasteiger partial charge in [0.2, 0.25) is 5.91 Å². The molecular weight excluding hydrogens is 555 g/mol. The minimum Gasteiger partial charge on any atom is -0.299 e. The van der Waals surface area contributed by atoms with Crippen molar-refractivity contribution in [2.24, 2.45) is 5.92 Å². The lowest BCUT2D eigenvalue weighted by atomic mass is 9.96. The summed E-state index contributed by atoms with van der Waals surface area (Å²) >= 11 is 1.18. The topological polar surface area (TPSA) is 78.0 Å². The van der Waals surface area contributed by atoms with E-state index >= 15 is 0 Å². The van der Waals surface area contributed by atoms with E-state index in [0.717, 1.165) is 11.9 Å². The van der Waals surface area contributed by atoms with Gasteiger partial charge in [-0.3, -0.25) is 24.1 Å². The van der Waals surface area contributed by atoms with E-state index in [-0.39, 0.29) is 5.70 Å². The Morgan fingerprint density at radius 2 is 1.56 bits per heavy atom. The molecule has 2 aromatic carbocycles. The number of hydrogen-bond acceptors (Lipinski definition) is 5. The largest absolute Gasteiger partial charge is 0.452 e. The molecule has 0 spiro atoms. The van der Waals surface area contributed by atoms with Gasteiger partial charge in [-0.2, -0.15) is 13.2 Å². The highest BCUT2D eigenvalue weighted by molar-refractivity contribution is 7.12. The van der Waals surface area contributed by atoms with E-state index < -0.39 is 54.1 Å². The highest BCUT2D eigenvalue weighted by atomic mass is 32.1. The minimum atomic E-state index is -5.29. The Bertz CT molecular complexity index is 1440. The fourth-order valence-corrected chi connectivity index (χ4v) is 5.46. The summed E-state index contributed by atoms with van der Waals surface area (Å²) in [5.41, 5.74) is 0.711. The molecule has 214 valence electrons. The van der Waals surface area contributed by atoms with Crippen molar-refractivity contribution in [2.75, 3.05) is 0 Å². The lowest BCUT2D eigenvalue weighted by Crippen LogP contribution is -2.64. The molecule has 0 fully saturated rings. The number of nitrogens with zero attached hydrogens (tertiary/aromatic N) is 3. The first kappa shape index (κ1) is 29.7. The maximum Gasteiger partial charge on any atom is 0.452 e. The number of carbonyl (C=O) groups is 4. The summed E-state index contributed by atoms with van der Waals surface area (Å²) in [4.78, 5) is 55.6. The number of hydrazine groups is 1. The standard InChI is InChI=1S/C30H28F3N3O4S/c1-19(2)26-29(40)36(24(22-13-8-5-9-14-22)18-34(26)28(39)25-15-10-16-41-25)35(20(3)37)23(27(38)30(31,32)33)17-21-11-6-4-7-12-21/h4-16,18-19,23,26H,17H2,1-3H3. The van der Waals surface area contributed by atoms with E-state index in [4.69, 9.17) is 0 Å². The Morgan fingerprint density at radius 3 is 2.07 bits per heavy atom. The van der Waals surface area contributed by atoms with Crippen LogP contribution in [0.15, 0.2) is 84.4 Å². The summed E-state index contributed by atoms with van der Waals surface area (Å²) in [6.45, 7) is 4.39. The number of benzene rings is 2. The van der Waals surface area contributed by atoms with Crippen molar-refractivity contribution in [3.05, 3.63) is 100 Å². The number of amides is 3. The molecule has 0 N–H and O–H groups in total. The van der Waals surface area contributed by atoms with Gasteiger partial charge >= 0.3 is 6.18 Å². The van der Waals surface area contributed by atoms with E-state index in [2.05, 4.69) is 0 Å². The number of hydrogen-bond donors (Lipinski definition) is 0. The molecule has 0 bridgehead atoms. The molecule has 2 heterocycles. The molecule has 41 heavy (non-hydrogen) atoms. The molecule has 7 nitrogen and oxygen atoms in total. The van der Waals surface area contributed by atoms with Crippen molar-refractivity contribution in [3.8, 4) is 0 Å². The summed E-state index contributed by atoms with van der Waals surface area (Å²) in [6.07, 6.45) is -4.41. The zero-order chi connectivity index (χ0) is 29.9. The fourth-order valence-electron chi connectivity index (χ4n) is 4.79. The monoisotopic (exact) mass is 583 g/mol. The van der Waals surface area contributed by atoms with Crippen molar-refractivity contribution < 1.29 is 32.3 Å². The molecule has 2 unspecified atom stereocenters. The van der Waals surface area contributed by atoms with Gasteiger partial charge in [0.15, 0.2) is 0 Å². The van der Waals surface area contributed by atoms with Crippen molar-refractivity contribution in [2.45, 2.75) is 45.5 Å². The molecule has 0 radical (unpaired) electrons. The zero-order valence-corrected chi connectivity index (χ0v) is 23.4. The van der Waals surface area contributed by atoms with E-state index in [1.165, 1.54) is 22.4 Å². The third kappa shape index (κ3) is 6.25. The van der Waals surface area contributed by atoms with Crippen LogP contribution in [0.5, 0.6) is 0 Å². The van der Waals surface area contributed by atoms with Gasteiger partial charge < -0.3 is 0 Å². The number of Topliss-reactive ketones (excluding diaryl/α,β-unsaturated/α-hetero) is 1. The van der Waals surface area contributed by atoms with Crippen LogP contribution in [0, 0.1) is 5.92 Å². The molecule has 1 aliphatic heterocycles. The Labute approximate surface area is 239 Å². The molecule has 0 aliphatic carbocycles. The average Bonchev–Trinajstić information content (AvgIpc) is 3.47. The second-order valence-electron chi connectivity index (χ2n) is 9.84. The average molecular weight is 584 g/mol. The van der Waals surface area contributed by atoms with Crippen LogP contribution in [0.3, 0.4) is 0 Å². The van der Waals surface area contributed by atoms with Gasteiger partial charge in [0.1, 0.15) is 12.1 Å². The van der Waals surface area contributed by atoms with Gasteiger partial charge in [0.25, 0.3) is 17.6 Å². The van der Waals surface area contributed by atoms with Crippen molar-refractivity contribution in [1.82, 2.24) is 14.9 Å². The number of halogens is 3. The third-order valence-corrected chi connectivity index (χ3v) is 7.46. The summed E-state index contributed by atoms with van der Waals surface area (Å²) in [6, 6.07) is 16.2. The van der Waals surface area contributed by atoms with Gasteiger partial charge in [-0.25, -0.2) is 10.0 Å². The van der Waals surface area contributed by atoms with Crippen molar-refractivity contribution >= 4 is 40.5 Å². The molecule has 11 heteroatoms. The Balaban J connectivity index is 1.94. The van der Waals surface area contributed by atoms with E-state index in [1.54, 1.807) is 92.0 Å². The SMILES string of the molecule is CC(=O)N(C(Cc1ccccc1)C(=O)C(F)(F)F)N1C(=O)C(C(C)C)N(C(=O)c2cccs2)C=C1c1ccccc1.